The normalized spacial score (nSPS) is 10.6. The summed E-state index contributed by atoms with van der Waals surface area (Å²) < 4.78 is 2.65. The summed E-state index contributed by atoms with van der Waals surface area (Å²) in [5, 5.41) is 20.0. The molecule has 5 nitrogen and oxygen atoms in total. The summed E-state index contributed by atoms with van der Waals surface area (Å²) in [6, 6.07) is 6.13. The molecule has 1 heterocycles. The van der Waals surface area contributed by atoms with Gasteiger partial charge < -0.3 is 10.4 Å². The lowest BCUT2D eigenvalue weighted by molar-refractivity contribution is 0.268. The molecule has 0 atom stereocenters. The number of anilines is 1. The average Bonchev–Trinajstić information content (AvgIpc) is 2.79. The molecule has 96 valence electrons. The molecule has 0 aliphatic carbocycles. The third-order valence-corrected chi connectivity index (χ3v) is 3.19. The lowest BCUT2D eigenvalue weighted by Crippen LogP contribution is -2.02. The average molecular weight is 311 g/mol. The molecule has 0 saturated carbocycles. The van der Waals surface area contributed by atoms with E-state index in [9.17, 15) is 0 Å². The van der Waals surface area contributed by atoms with E-state index in [-0.39, 0.29) is 6.61 Å². The smallest absolute Gasteiger partial charge is 0.102 e. The van der Waals surface area contributed by atoms with Crippen LogP contribution in [0.2, 0.25) is 0 Å². The zero-order valence-electron chi connectivity index (χ0n) is 10.1. The van der Waals surface area contributed by atoms with Crippen molar-refractivity contribution in [3.8, 4) is 0 Å². The van der Waals surface area contributed by atoms with Crippen LogP contribution < -0.4 is 5.32 Å². The van der Waals surface area contributed by atoms with Gasteiger partial charge in [0, 0.05) is 10.2 Å². The molecule has 0 saturated heterocycles. The van der Waals surface area contributed by atoms with Crippen molar-refractivity contribution < 1.29 is 5.11 Å². The van der Waals surface area contributed by atoms with E-state index in [1.54, 1.807) is 4.68 Å². The van der Waals surface area contributed by atoms with Gasteiger partial charge in [0.1, 0.15) is 5.69 Å². The number of rotatable bonds is 5. The van der Waals surface area contributed by atoms with Crippen LogP contribution >= 0.6 is 15.9 Å². The number of hydrogen-bond donors (Lipinski definition) is 2. The second kappa shape index (κ2) is 5.97. The van der Waals surface area contributed by atoms with Crippen molar-refractivity contribution >= 4 is 21.6 Å². The SMILES string of the molecule is Cc1ccc(Br)c(NCc2cn(CCO)nn2)c1. The predicted octanol–water partition coefficient (Wildman–Crippen LogP) is 1.95. The monoisotopic (exact) mass is 310 g/mol. The molecule has 2 aromatic rings. The molecular weight excluding hydrogens is 296 g/mol. The number of aromatic nitrogens is 3. The maximum atomic E-state index is 8.79. The quantitative estimate of drug-likeness (QED) is 0.886. The highest BCUT2D eigenvalue weighted by molar-refractivity contribution is 9.10. The highest BCUT2D eigenvalue weighted by Gasteiger charge is 2.03. The summed E-state index contributed by atoms with van der Waals surface area (Å²) in [5.74, 6) is 0. The summed E-state index contributed by atoms with van der Waals surface area (Å²) in [6.07, 6.45) is 1.83. The molecule has 1 aromatic carbocycles. The van der Waals surface area contributed by atoms with Crippen LogP contribution in [0.1, 0.15) is 11.3 Å². The van der Waals surface area contributed by atoms with Gasteiger partial charge in [-0.1, -0.05) is 11.3 Å². The van der Waals surface area contributed by atoms with Gasteiger partial charge in [-0.05, 0) is 40.5 Å². The zero-order valence-corrected chi connectivity index (χ0v) is 11.7. The number of nitrogens with zero attached hydrogens (tertiary/aromatic N) is 3. The number of benzene rings is 1. The van der Waals surface area contributed by atoms with Gasteiger partial charge in [0.05, 0.1) is 25.9 Å². The van der Waals surface area contributed by atoms with Crippen LogP contribution in [0.3, 0.4) is 0 Å². The van der Waals surface area contributed by atoms with Crippen molar-refractivity contribution in [1.29, 1.82) is 0 Å². The highest BCUT2D eigenvalue weighted by atomic mass is 79.9. The maximum absolute atomic E-state index is 8.79. The Bertz CT molecular complexity index is 527. The molecule has 6 heteroatoms. The van der Waals surface area contributed by atoms with E-state index in [1.165, 1.54) is 5.56 Å². The number of aryl methyl sites for hydroxylation is 1. The molecule has 18 heavy (non-hydrogen) atoms. The molecular formula is C12H15BrN4O. The van der Waals surface area contributed by atoms with Gasteiger partial charge in [-0.25, -0.2) is 4.68 Å². The lowest BCUT2D eigenvalue weighted by Gasteiger charge is -2.07. The van der Waals surface area contributed by atoms with Gasteiger partial charge in [0.15, 0.2) is 0 Å². The van der Waals surface area contributed by atoms with Gasteiger partial charge in [-0.3, -0.25) is 0 Å². The van der Waals surface area contributed by atoms with E-state index in [4.69, 9.17) is 5.11 Å². The molecule has 1 aromatic heterocycles. The molecule has 2 rings (SSSR count). The fraction of sp³-hybridized carbons (Fsp3) is 0.333. The number of hydrogen-bond acceptors (Lipinski definition) is 4. The van der Waals surface area contributed by atoms with Gasteiger partial charge in [-0.2, -0.15) is 0 Å². The highest BCUT2D eigenvalue weighted by Crippen LogP contribution is 2.23. The molecule has 0 radical (unpaired) electrons. The maximum Gasteiger partial charge on any atom is 0.102 e. The topological polar surface area (TPSA) is 63.0 Å². The first-order valence-electron chi connectivity index (χ1n) is 5.69. The Morgan fingerprint density at radius 3 is 3.06 bits per heavy atom. The molecule has 0 unspecified atom stereocenters. The van der Waals surface area contributed by atoms with E-state index in [0.29, 0.717) is 13.1 Å². The zero-order chi connectivity index (χ0) is 13.0. The first kappa shape index (κ1) is 13.0. The number of nitrogens with one attached hydrogen (secondary N) is 1. The van der Waals surface area contributed by atoms with Crippen molar-refractivity contribution in [2.45, 2.75) is 20.0 Å². The molecule has 0 spiro atoms. The first-order valence-corrected chi connectivity index (χ1v) is 6.48. The summed E-state index contributed by atoms with van der Waals surface area (Å²) in [6.45, 7) is 3.20. The van der Waals surface area contributed by atoms with Crippen LogP contribution in [0.5, 0.6) is 0 Å². The van der Waals surface area contributed by atoms with Crippen molar-refractivity contribution in [1.82, 2.24) is 15.0 Å². The number of halogens is 1. The standard InChI is InChI=1S/C12H15BrN4O/c1-9-2-3-11(13)12(6-9)14-7-10-8-17(4-5-18)16-15-10/h2-3,6,8,14,18H,4-5,7H2,1H3. The molecule has 0 aliphatic rings. The van der Waals surface area contributed by atoms with E-state index in [1.807, 2.05) is 18.3 Å². The number of aliphatic hydroxyl groups is 1. The Kier molecular flexibility index (Phi) is 4.33. The van der Waals surface area contributed by atoms with Crippen LogP contribution in [0.15, 0.2) is 28.9 Å². The molecule has 0 fully saturated rings. The van der Waals surface area contributed by atoms with Crippen LogP contribution in [0, 0.1) is 6.92 Å². The number of aliphatic hydroxyl groups excluding tert-OH is 1. The largest absolute Gasteiger partial charge is 0.394 e. The fourth-order valence-corrected chi connectivity index (χ4v) is 1.98. The van der Waals surface area contributed by atoms with Gasteiger partial charge in [-0.15, -0.1) is 5.10 Å². The van der Waals surface area contributed by atoms with E-state index >= 15 is 0 Å². The summed E-state index contributed by atoms with van der Waals surface area (Å²) in [4.78, 5) is 0. The molecule has 0 aliphatic heterocycles. The minimum absolute atomic E-state index is 0.0691. The Hall–Kier alpha value is -1.40. The van der Waals surface area contributed by atoms with Crippen molar-refractivity contribution in [3.05, 3.63) is 40.1 Å². The predicted molar refractivity (Wildman–Crippen MR) is 73.3 cm³/mol. The van der Waals surface area contributed by atoms with Crippen LogP contribution in [0.4, 0.5) is 5.69 Å². The van der Waals surface area contributed by atoms with E-state index < -0.39 is 0 Å². The first-order chi connectivity index (χ1) is 8.69. The second-order valence-electron chi connectivity index (χ2n) is 4.03. The summed E-state index contributed by atoms with van der Waals surface area (Å²) in [5.41, 5.74) is 3.08. The van der Waals surface area contributed by atoms with Crippen molar-refractivity contribution in [2.75, 3.05) is 11.9 Å². The second-order valence-corrected chi connectivity index (χ2v) is 4.89. The van der Waals surface area contributed by atoms with Crippen LogP contribution in [-0.4, -0.2) is 26.7 Å². The third kappa shape index (κ3) is 3.30. The third-order valence-electron chi connectivity index (χ3n) is 2.50. The van der Waals surface area contributed by atoms with Crippen LogP contribution in [0.25, 0.3) is 0 Å². The van der Waals surface area contributed by atoms with Gasteiger partial charge in [0.2, 0.25) is 0 Å². The van der Waals surface area contributed by atoms with Crippen molar-refractivity contribution in [3.63, 3.8) is 0 Å². The fourth-order valence-electron chi connectivity index (χ4n) is 1.59. The molecule has 2 N–H and O–H groups in total. The minimum Gasteiger partial charge on any atom is -0.394 e. The Morgan fingerprint density at radius 2 is 2.28 bits per heavy atom. The molecule has 0 bridgehead atoms. The Labute approximate surface area is 114 Å². The van der Waals surface area contributed by atoms with E-state index in [0.717, 1.165) is 15.9 Å². The van der Waals surface area contributed by atoms with E-state index in [2.05, 4.69) is 44.5 Å². The summed E-state index contributed by atoms with van der Waals surface area (Å²) in [7, 11) is 0. The summed E-state index contributed by atoms with van der Waals surface area (Å²) >= 11 is 3.50. The lowest BCUT2D eigenvalue weighted by atomic mass is 10.2. The minimum atomic E-state index is 0.0691. The molecule has 0 amide bonds. The van der Waals surface area contributed by atoms with Gasteiger partial charge >= 0.3 is 0 Å². The van der Waals surface area contributed by atoms with Gasteiger partial charge in [0.25, 0.3) is 0 Å². The van der Waals surface area contributed by atoms with Crippen LogP contribution in [-0.2, 0) is 13.1 Å². The van der Waals surface area contributed by atoms with Crippen molar-refractivity contribution in [2.24, 2.45) is 0 Å². The Morgan fingerprint density at radius 1 is 1.44 bits per heavy atom. The Balaban J connectivity index is 1.99.